The van der Waals surface area contributed by atoms with E-state index in [1.165, 1.54) is 53.9 Å². The van der Waals surface area contributed by atoms with Crippen LogP contribution < -0.4 is 0 Å². The molecule has 0 fully saturated rings. The van der Waals surface area contributed by atoms with Crippen molar-refractivity contribution in [3.63, 3.8) is 0 Å². The highest BCUT2D eigenvalue weighted by molar-refractivity contribution is 7.66. The fourth-order valence-corrected chi connectivity index (χ4v) is 11.4. The predicted molar refractivity (Wildman–Crippen MR) is 332 cm³/mol. The molecule has 5 aromatic heterocycles. The molecule has 18 heteroatoms. The van der Waals surface area contributed by atoms with Crippen LogP contribution in [-0.4, -0.2) is 49.4 Å². The van der Waals surface area contributed by atoms with E-state index in [0.29, 0.717) is 0 Å². The van der Waals surface area contributed by atoms with Crippen molar-refractivity contribution in [1.82, 2.24) is 24.9 Å². The normalized spacial score (nSPS) is 11.4. The zero-order valence-electron chi connectivity index (χ0n) is 43.8. The van der Waals surface area contributed by atoms with Gasteiger partial charge in [-0.05, 0) is 91.0 Å². The molecule has 5 N–H and O–H groups in total. The van der Waals surface area contributed by atoms with Crippen LogP contribution in [0.25, 0.3) is 109 Å². The van der Waals surface area contributed by atoms with Crippen LogP contribution >= 0.6 is 23.5 Å². The molecular formula is C65H50N5O10P3. The van der Waals surface area contributed by atoms with Crippen molar-refractivity contribution in [2.45, 2.75) is 0 Å². The Kier molecular flexibility index (Phi) is 17.8. The fourth-order valence-electron chi connectivity index (χ4n) is 8.88. The van der Waals surface area contributed by atoms with Gasteiger partial charge in [-0.2, -0.15) is 8.62 Å². The first-order valence-corrected chi connectivity index (χ1v) is 30.2. The van der Waals surface area contributed by atoms with Crippen LogP contribution in [0.4, 0.5) is 0 Å². The molecule has 0 radical (unpaired) electrons. The Hall–Kier alpha value is -9.04. The van der Waals surface area contributed by atoms with Gasteiger partial charge in [0.25, 0.3) is 0 Å². The number of hydrogen-bond donors (Lipinski definition) is 5. The topological polar surface area (TPSA) is 235 Å². The molecule has 0 bridgehead atoms. The van der Waals surface area contributed by atoms with Gasteiger partial charge >= 0.3 is 23.5 Å². The molecule has 0 spiro atoms. The van der Waals surface area contributed by atoms with Gasteiger partial charge in [-0.3, -0.25) is 0 Å². The average molecular weight is 1150 g/mol. The Labute approximate surface area is 474 Å². The first-order chi connectivity index (χ1) is 40.1. The molecule has 15 nitrogen and oxygen atoms in total. The van der Waals surface area contributed by atoms with Gasteiger partial charge in [-0.15, -0.1) is 0 Å². The lowest BCUT2D eigenvalue weighted by molar-refractivity contribution is 0.204. The molecule has 0 unspecified atom stereocenters. The van der Waals surface area contributed by atoms with Crippen molar-refractivity contribution in [1.29, 1.82) is 0 Å². The Morgan fingerprint density at radius 2 is 0.337 bits per heavy atom. The number of phosphoric acid groups is 3. The Morgan fingerprint density at radius 1 is 0.217 bits per heavy atom. The van der Waals surface area contributed by atoms with Gasteiger partial charge in [0.2, 0.25) is 0 Å². The van der Waals surface area contributed by atoms with E-state index in [4.69, 9.17) is 24.5 Å². The second-order valence-corrected chi connectivity index (χ2v) is 22.7. The first kappa shape index (κ1) is 57.2. The van der Waals surface area contributed by atoms with Crippen LogP contribution in [0.2, 0.25) is 0 Å². The fraction of sp³-hybridized carbons (Fsp3) is 0. The molecule has 410 valence electrons. The highest BCUT2D eigenvalue weighted by atomic mass is 31.3. The molecule has 0 aliphatic carbocycles. The second-order valence-electron chi connectivity index (χ2n) is 18.5. The number of benzene rings is 10. The third-order valence-electron chi connectivity index (χ3n) is 12.5. The number of aromatic nitrogens is 5. The van der Waals surface area contributed by atoms with Crippen LogP contribution in [0.1, 0.15) is 0 Å². The summed E-state index contributed by atoms with van der Waals surface area (Å²) in [7, 11) is -16.2. The largest absolute Gasteiger partial charge is 0.490 e. The third-order valence-corrected chi connectivity index (χ3v) is 15.9. The SMILES string of the molecule is O=P(O)(O)OP(=O)(O)OP(=O)(O)O.c1ccc2nc3ccccc3cc2c1.c1ccc2nc3ccccc3cc2c1.c1ccc2nc3ccccc3cc2c1.c1ccc2nc3ccccc3cc2c1.c1ccc2nc3ccccc3cc2c1. The van der Waals surface area contributed by atoms with Gasteiger partial charge < -0.3 is 24.5 Å². The third kappa shape index (κ3) is 15.7. The summed E-state index contributed by atoms with van der Waals surface area (Å²) in [4.78, 5) is 63.1. The minimum absolute atomic E-state index is 1.06. The van der Waals surface area contributed by atoms with Crippen molar-refractivity contribution in [3.05, 3.63) is 273 Å². The number of hydrogen-bond acceptors (Lipinski definition) is 10. The molecule has 15 aromatic rings. The monoisotopic (exact) mass is 1150 g/mol. The number of pyridine rings is 5. The van der Waals surface area contributed by atoms with Gasteiger partial charge in [-0.25, -0.2) is 38.6 Å². The van der Waals surface area contributed by atoms with Crippen molar-refractivity contribution < 1.29 is 46.8 Å². The summed E-state index contributed by atoms with van der Waals surface area (Å²) in [5, 5.41) is 12.0. The van der Waals surface area contributed by atoms with E-state index >= 15 is 0 Å². The van der Waals surface area contributed by atoms with Gasteiger partial charge in [0.15, 0.2) is 0 Å². The first-order valence-electron chi connectivity index (χ1n) is 25.7. The number of para-hydroxylation sites is 10. The Morgan fingerprint density at radius 3 is 0.458 bits per heavy atom. The minimum Gasteiger partial charge on any atom is -0.302 e. The lowest BCUT2D eigenvalue weighted by atomic mass is 10.1. The van der Waals surface area contributed by atoms with Crippen LogP contribution in [-0.2, 0) is 22.3 Å². The van der Waals surface area contributed by atoms with E-state index in [-0.39, 0.29) is 0 Å². The lowest BCUT2D eigenvalue weighted by Crippen LogP contribution is -1.91. The minimum atomic E-state index is -5.46. The van der Waals surface area contributed by atoms with Crippen molar-refractivity contribution in [2.75, 3.05) is 0 Å². The Bertz CT molecular complexity index is 3740. The summed E-state index contributed by atoms with van der Waals surface area (Å²) in [5.74, 6) is 0. The summed E-state index contributed by atoms with van der Waals surface area (Å²) < 4.78 is 36.4. The van der Waals surface area contributed by atoms with Crippen LogP contribution in [0, 0.1) is 0 Å². The average Bonchev–Trinajstić information content (AvgIpc) is 3.67. The summed E-state index contributed by atoms with van der Waals surface area (Å²) in [6.45, 7) is 0. The summed E-state index contributed by atoms with van der Waals surface area (Å²) in [6, 6.07) is 92.8. The van der Waals surface area contributed by atoms with E-state index < -0.39 is 23.5 Å². The lowest BCUT2D eigenvalue weighted by Gasteiger charge is -2.11. The summed E-state index contributed by atoms with van der Waals surface area (Å²) >= 11 is 0. The van der Waals surface area contributed by atoms with E-state index in [1.807, 2.05) is 182 Å². The number of nitrogens with zero attached hydrogens (tertiary/aromatic N) is 5. The molecule has 0 saturated carbocycles. The maximum absolute atomic E-state index is 10.4. The quantitative estimate of drug-likeness (QED) is 0.0814. The van der Waals surface area contributed by atoms with Gasteiger partial charge in [0.1, 0.15) is 0 Å². The smallest absolute Gasteiger partial charge is 0.302 e. The second kappa shape index (κ2) is 25.8. The highest BCUT2D eigenvalue weighted by Crippen LogP contribution is 2.64. The summed E-state index contributed by atoms with van der Waals surface area (Å²) in [5.41, 5.74) is 10.6. The van der Waals surface area contributed by atoms with Crippen LogP contribution in [0.15, 0.2) is 273 Å². The Balaban J connectivity index is 0.000000111. The zero-order valence-corrected chi connectivity index (χ0v) is 46.5. The van der Waals surface area contributed by atoms with Gasteiger partial charge in [-0.1, -0.05) is 182 Å². The van der Waals surface area contributed by atoms with E-state index in [1.54, 1.807) is 0 Å². The molecule has 0 atom stereocenters. The molecular weight excluding hydrogens is 1100 g/mol. The summed E-state index contributed by atoms with van der Waals surface area (Å²) in [6.07, 6.45) is 0. The van der Waals surface area contributed by atoms with Gasteiger partial charge in [0.05, 0.1) is 55.2 Å². The highest BCUT2D eigenvalue weighted by Gasteiger charge is 2.38. The number of fused-ring (bicyclic) bond motifs is 10. The molecule has 0 aliphatic heterocycles. The molecule has 15 rings (SSSR count). The molecule has 0 aliphatic rings. The maximum atomic E-state index is 10.4. The van der Waals surface area contributed by atoms with E-state index in [2.05, 4.69) is 125 Å². The van der Waals surface area contributed by atoms with Crippen molar-refractivity contribution in [3.8, 4) is 0 Å². The molecule has 10 aromatic carbocycles. The molecule has 0 saturated heterocycles. The predicted octanol–water partition coefficient (Wildman–Crippen LogP) is 16.2. The van der Waals surface area contributed by atoms with Crippen LogP contribution in [0.5, 0.6) is 0 Å². The van der Waals surface area contributed by atoms with E-state index in [9.17, 15) is 13.7 Å². The molecule has 83 heavy (non-hydrogen) atoms. The van der Waals surface area contributed by atoms with Gasteiger partial charge in [0, 0.05) is 53.9 Å². The molecule has 0 amide bonds. The van der Waals surface area contributed by atoms with Crippen LogP contribution in [0.3, 0.4) is 0 Å². The van der Waals surface area contributed by atoms with Crippen molar-refractivity contribution in [2.24, 2.45) is 0 Å². The number of rotatable bonds is 4. The zero-order chi connectivity index (χ0) is 57.8. The maximum Gasteiger partial charge on any atom is 0.490 e. The van der Waals surface area contributed by atoms with Crippen molar-refractivity contribution >= 4 is 132 Å². The molecule has 5 heterocycles. The van der Waals surface area contributed by atoms with E-state index in [0.717, 1.165) is 55.2 Å². The standard InChI is InChI=1S/5C13H9N.H5O10P3/c5*1-3-7-12-10(5-1)9-11-6-2-4-8-13(11)14-12;1-11(2,3)9-13(7,8)10-12(4,5)6/h5*1-9H;(H,7,8)(H2,1,2,3)(H2,4,5,6).